The molecule has 2 unspecified atom stereocenters. The van der Waals surface area contributed by atoms with Gasteiger partial charge in [0.15, 0.2) is 0 Å². The van der Waals surface area contributed by atoms with Crippen LogP contribution >= 0.6 is 11.3 Å². The molecule has 0 aromatic carbocycles. The molecule has 0 aliphatic rings. The largest absolute Gasteiger partial charge is 0.467 e. The Bertz CT molecular complexity index is 500. The molecule has 2 N–H and O–H groups in total. The van der Waals surface area contributed by atoms with Gasteiger partial charge >= 0.3 is 0 Å². The number of hydrogen-bond donors (Lipinski definition) is 1. The Labute approximate surface area is 129 Å². The fraction of sp³-hybridized carbons (Fsp3) is 0.438. The van der Waals surface area contributed by atoms with Crippen LogP contribution in [0, 0.1) is 5.92 Å². The molecule has 5 heteroatoms. The van der Waals surface area contributed by atoms with E-state index in [9.17, 15) is 4.79 Å². The van der Waals surface area contributed by atoms with Crippen LogP contribution in [-0.2, 0) is 17.9 Å². The maximum atomic E-state index is 12.7. The van der Waals surface area contributed by atoms with Gasteiger partial charge in [0.2, 0.25) is 5.91 Å². The Morgan fingerprint density at radius 2 is 2.19 bits per heavy atom. The van der Waals surface area contributed by atoms with Crippen LogP contribution in [0.1, 0.15) is 30.9 Å². The van der Waals surface area contributed by atoms with Gasteiger partial charge in [0.05, 0.1) is 25.4 Å². The topological polar surface area (TPSA) is 59.5 Å². The molecule has 0 fully saturated rings. The molecule has 0 spiro atoms. The number of carbonyl (C=O) groups excluding carboxylic acids is 1. The molecule has 2 heterocycles. The summed E-state index contributed by atoms with van der Waals surface area (Å²) in [4.78, 5) is 15.6. The van der Waals surface area contributed by atoms with Crippen LogP contribution in [0.15, 0.2) is 40.3 Å². The molecule has 4 nitrogen and oxygen atoms in total. The first-order valence-electron chi connectivity index (χ1n) is 7.21. The van der Waals surface area contributed by atoms with Gasteiger partial charge in [0.1, 0.15) is 5.76 Å². The van der Waals surface area contributed by atoms with E-state index < -0.39 is 6.04 Å². The van der Waals surface area contributed by atoms with Crippen molar-refractivity contribution >= 4 is 17.2 Å². The fourth-order valence-corrected chi connectivity index (χ4v) is 2.82. The second-order valence-corrected chi connectivity index (χ2v) is 6.30. The van der Waals surface area contributed by atoms with Crippen molar-refractivity contribution in [2.45, 2.75) is 39.4 Å². The lowest BCUT2D eigenvalue weighted by atomic mass is 9.99. The van der Waals surface area contributed by atoms with Gasteiger partial charge in [-0.3, -0.25) is 4.79 Å². The minimum Gasteiger partial charge on any atom is -0.467 e. The van der Waals surface area contributed by atoms with Crippen LogP contribution in [0.3, 0.4) is 0 Å². The van der Waals surface area contributed by atoms with Crippen LogP contribution < -0.4 is 5.73 Å². The van der Waals surface area contributed by atoms with Gasteiger partial charge in [0.25, 0.3) is 0 Å². The zero-order valence-corrected chi connectivity index (χ0v) is 13.3. The van der Waals surface area contributed by atoms with Crippen molar-refractivity contribution < 1.29 is 9.21 Å². The molecular weight excluding hydrogens is 284 g/mol. The van der Waals surface area contributed by atoms with Crippen LogP contribution in [0.25, 0.3) is 0 Å². The Kier molecular flexibility index (Phi) is 5.59. The standard InChI is InChI=1S/C16H22N2O2S/c1-3-12(2)15(17)16(19)18(10-13-6-4-8-20-13)11-14-7-5-9-21-14/h4-9,12,15H,3,10-11,17H2,1-2H3. The third-order valence-electron chi connectivity index (χ3n) is 3.71. The summed E-state index contributed by atoms with van der Waals surface area (Å²) in [6.45, 7) is 5.09. The molecular formula is C16H22N2O2S. The summed E-state index contributed by atoms with van der Waals surface area (Å²) < 4.78 is 5.37. The molecule has 0 aliphatic carbocycles. The van der Waals surface area contributed by atoms with Crippen LogP contribution in [0.4, 0.5) is 0 Å². The van der Waals surface area contributed by atoms with E-state index in [1.54, 1.807) is 22.5 Å². The molecule has 2 rings (SSSR count). The number of nitrogens with zero attached hydrogens (tertiary/aromatic N) is 1. The number of thiophene rings is 1. The highest BCUT2D eigenvalue weighted by Gasteiger charge is 2.26. The van der Waals surface area contributed by atoms with E-state index in [1.165, 1.54) is 0 Å². The van der Waals surface area contributed by atoms with Gasteiger partial charge in [-0.05, 0) is 29.5 Å². The maximum Gasteiger partial charge on any atom is 0.240 e. The summed E-state index contributed by atoms with van der Waals surface area (Å²) in [6.07, 6.45) is 2.51. The first-order valence-corrected chi connectivity index (χ1v) is 8.09. The highest BCUT2D eigenvalue weighted by atomic mass is 32.1. The Hall–Kier alpha value is -1.59. The quantitative estimate of drug-likeness (QED) is 0.854. The lowest BCUT2D eigenvalue weighted by Crippen LogP contribution is -2.46. The summed E-state index contributed by atoms with van der Waals surface area (Å²) in [6, 6.07) is 7.26. The van der Waals surface area contributed by atoms with Crippen molar-refractivity contribution in [3.63, 3.8) is 0 Å². The molecule has 114 valence electrons. The second kappa shape index (κ2) is 7.43. The normalized spacial score (nSPS) is 13.9. The van der Waals surface area contributed by atoms with Crippen molar-refractivity contribution in [3.05, 3.63) is 46.5 Å². The number of amides is 1. The van der Waals surface area contributed by atoms with Gasteiger partial charge in [-0.15, -0.1) is 11.3 Å². The van der Waals surface area contributed by atoms with Gasteiger partial charge in [-0.25, -0.2) is 0 Å². The highest BCUT2D eigenvalue weighted by molar-refractivity contribution is 7.09. The minimum absolute atomic E-state index is 0.0193. The van der Waals surface area contributed by atoms with Gasteiger partial charge in [-0.1, -0.05) is 26.3 Å². The fourth-order valence-electron chi connectivity index (χ4n) is 2.10. The van der Waals surface area contributed by atoms with E-state index in [0.29, 0.717) is 13.1 Å². The number of furan rings is 1. The molecule has 21 heavy (non-hydrogen) atoms. The molecule has 0 saturated carbocycles. The Morgan fingerprint density at radius 3 is 2.76 bits per heavy atom. The number of rotatable bonds is 7. The molecule has 0 radical (unpaired) electrons. The smallest absolute Gasteiger partial charge is 0.240 e. The molecule has 1 amide bonds. The first kappa shape index (κ1) is 15.8. The van der Waals surface area contributed by atoms with E-state index in [1.807, 2.05) is 43.5 Å². The first-order chi connectivity index (χ1) is 10.1. The van der Waals surface area contributed by atoms with Crippen molar-refractivity contribution in [2.24, 2.45) is 11.7 Å². The van der Waals surface area contributed by atoms with Crippen molar-refractivity contribution in [2.75, 3.05) is 0 Å². The molecule has 2 aromatic rings. The van der Waals surface area contributed by atoms with Crippen molar-refractivity contribution in [1.29, 1.82) is 0 Å². The number of nitrogens with two attached hydrogens (primary N) is 1. The van der Waals surface area contributed by atoms with E-state index in [2.05, 4.69) is 0 Å². The lowest BCUT2D eigenvalue weighted by Gasteiger charge is -2.27. The van der Waals surface area contributed by atoms with Crippen LogP contribution in [0.2, 0.25) is 0 Å². The Morgan fingerprint density at radius 1 is 1.38 bits per heavy atom. The molecule has 0 aliphatic heterocycles. The predicted octanol–water partition coefficient (Wildman–Crippen LogP) is 3.24. The monoisotopic (exact) mass is 306 g/mol. The summed E-state index contributed by atoms with van der Waals surface area (Å²) in [5.74, 6) is 0.922. The second-order valence-electron chi connectivity index (χ2n) is 5.26. The van der Waals surface area contributed by atoms with E-state index in [0.717, 1.165) is 17.1 Å². The van der Waals surface area contributed by atoms with Gasteiger partial charge in [-0.2, -0.15) is 0 Å². The highest BCUT2D eigenvalue weighted by Crippen LogP contribution is 2.17. The zero-order chi connectivity index (χ0) is 15.2. The van der Waals surface area contributed by atoms with Crippen LogP contribution in [0.5, 0.6) is 0 Å². The van der Waals surface area contributed by atoms with E-state index >= 15 is 0 Å². The number of hydrogen-bond acceptors (Lipinski definition) is 4. The number of carbonyl (C=O) groups is 1. The average molecular weight is 306 g/mol. The maximum absolute atomic E-state index is 12.7. The molecule has 0 saturated heterocycles. The third-order valence-corrected chi connectivity index (χ3v) is 4.57. The van der Waals surface area contributed by atoms with Crippen molar-refractivity contribution in [1.82, 2.24) is 4.90 Å². The zero-order valence-electron chi connectivity index (χ0n) is 12.5. The molecule has 2 aromatic heterocycles. The van der Waals surface area contributed by atoms with Crippen LogP contribution in [-0.4, -0.2) is 16.8 Å². The summed E-state index contributed by atoms with van der Waals surface area (Å²) in [5.41, 5.74) is 6.11. The Balaban J connectivity index is 2.12. The summed E-state index contributed by atoms with van der Waals surface area (Å²) in [7, 11) is 0. The van der Waals surface area contributed by atoms with Gasteiger partial charge < -0.3 is 15.1 Å². The van der Waals surface area contributed by atoms with E-state index in [4.69, 9.17) is 10.2 Å². The minimum atomic E-state index is -0.468. The summed E-state index contributed by atoms with van der Waals surface area (Å²) >= 11 is 1.64. The van der Waals surface area contributed by atoms with Gasteiger partial charge in [0, 0.05) is 4.88 Å². The molecule has 0 bridgehead atoms. The predicted molar refractivity (Wildman–Crippen MR) is 84.7 cm³/mol. The van der Waals surface area contributed by atoms with Crippen molar-refractivity contribution in [3.8, 4) is 0 Å². The molecule has 2 atom stereocenters. The van der Waals surface area contributed by atoms with E-state index in [-0.39, 0.29) is 11.8 Å². The average Bonchev–Trinajstić information content (AvgIpc) is 3.17. The SMILES string of the molecule is CCC(C)C(N)C(=O)N(Cc1ccco1)Cc1cccs1. The summed E-state index contributed by atoms with van der Waals surface area (Å²) in [5, 5.41) is 2.01. The lowest BCUT2D eigenvalue weighted by molar-refractivity contribution is -0.135. The third kappa shape index (κ3) is 4.19.